The van der Waals surface area contributed by atoms with E-state index in [4.69, 9.17) is 4.74 Å². The van der Waals surface area contributed by atoms with Crippen molar-refractivity contribution in [1.29, 1.82) is 0 Å². The van der Waals surface area contributed by atoms with Crippen LogP contribution in [0.15, 0.2) is 0 Å². The molecule has 0 amide bonds. The van der Waals surface area contributed by atoms with Gasteiger partial charge in [-0.2, -0.15) is 0 Å². The van der Waals surface area contributed by atoms with Gasteiger partial charge in [-0.15, -0.1) is 0 Å². The molecule has 3 atom stereocenters. The molecule has 120 valence electrons. The van der Waals surface area contributed by atoms with Gasteiger partial charge in [0.05, 0.1) is 6.10 Å². The minimum Gasteiger partial charge on any atom is -0.377 e. The molecule has 3 nitrogen and oxygen atoms in total. The van der Waals surface area contributed by atoms with Crippen LogP contribution in [0, 0.1) is 11.3 Å². The molecule has 3 heteroatoms. The van der Waals surface area contributed by atoms with E-state index in [9.17, 15) is 0 Å². The molecule has 0 radical (unpaired) electrons. The Balaban J connectivity index is 2.23. The third-order valence-electron chi connectivity index (χ3n) is 5.01. The fraction of sp³-hybridized carbons (Fsp3) is 1.00. The predicted octanol–water partition coefficient (Wildman–Crippen LogP) is 3.15. The summed E-state index contributed by atoms with van der Waals surface area (Å²) in [6.45, 7) is 16.7. The highest BCUT2D eigenvalue weighted by Gasteiger charge is 2.48. The first-order valence-corrected chi connectivity index (χ1v) is 8.34. The molecule has 0 saturated heterocycles. The van der Waals surface area contributed by atoms with E-state index in [0.29, 0.717) is 24.1 Å². The van der Waals surface area contributed by atoms with Crippen LogP contribution in [0.5, 0.6) is 0 Å². The molecule has 0 aromatic heterocycles. The summed E-state index contributed by atoms with van der Waals surface area (Å²) in [5, 5.41) is 3.72. The normalized spacial score (nSPS) is 26.9. The molecule has 1 saturated carbocycles. The van der Waals surface area contributed by atoms with Crippen LogP contribution in [0.3, 0.4) is 0 Å². The van der Waals surface area contributed by atoms with Crippen LogP contribution in [0.4, 0.5) is 0 Å². The summed E-state index contributed by atoms with van der Waals surface area (Å²) in [7, 11) is 2.22. The van der Waals surface area contributed by atoms with Gasteiger partial charge in [0.1, 0.15) is 0 Å². The van der Waals surface area contributed by atoms with Crippen molar-refractivity contribution in [2.24, 2.45) is 11.3 Å². The standard InChI is InChI=1S/C17H36N2O/c1-8-14(4)19(7)10-9-18-15-11-16(17(15,5)6)20-12-13(2)3/h13-16,18H,8-12H2,1-7H3. The van der Waals surface area contributed by atoms with Crippen molar-refractivity contribution >= 4 is 0 Å². The maximum Gasteiger partial charge on any atom is 0.0656 e. The molecule has 1 aliphatic rings. The van der Waals surface area contributed by atoms with Crippen molar-refractivity contribution in [3.8, 4) is 0 Å². The first kappa shape index (κ1) is 17.9. The molecule has 0 heterocycles. The molecule has 1 aliphatic carbocycles. The molecule has 1 N–H and O–H groups in total. The van der Waals surface area contributed by atoms with Gasteiger partial charge in [0.2, 0.25) is 0 Å². The molecular weight excluding hydrogens is 248 g/mol. The van der Waals surface area contributed by atoms with Gasteiger partial charge in [-0.25, -0.2) is 0 Å². The highest BCUT2D eigenvalue weighted by atomic mass is 16.5. The van der Waals surface area contributed by atoms with Crippen molar-refractivity contribution in [1.82, 2.24) is 10.2 Å². The van der Waals surface area contributed by atoms with E-state index in [1.807, 2.05) is 0 Å². The predicted molar refractivity (Wildman–Crippen MR) is 87.1 cm³/mol. The third-order valence-corrected chi connectivity index (χ3v) is 5.01. The van der Waals surface area contributed by atoms with E-state index in [-0.39, 0.29) is 5.41 Å². The summed E-state index contributed by atoms with van der Waals surface area (Å²) in [6, 6.07) is 1.28. The average molecular weight is 284 g/mol. The van der Waals surface area contributed by atoms with Crippen molar-refractivity contribution in [3.63, 3.8) is 0 Å². The van der Waals surface area contributed by atoms with Crippen molar-refractivity contribution in [2.45, 2.75) is 72.6 Å². The van der Waals surface area contributed by atoms with Gasteiger partial charge in [-0.3, -0.25) is 0 Å². The lowest BCUT2D eigenvalue weighted by molar-refractivity contribution is -0.123. The molecule has 0 aromatic carbocycles. The van der Waals surface area contributed by atoms with Crippen molar-refractivity contribution in [2.75, 3.05) is 26.7 Å². The Morgan fingerprint density at radius 1 is 1.30 bits per heavy atom. The molecule has 1 rings (SSSR count). The summed E-state index contributed by atoms with van der Waals surface area (Å²) in [5.74, 6) is 0.627. The van der Waals surface area contributed by atoms with Gasteiger partial charge in [0.15, 0.2) is 0 Å². The molecule has 0 spiro atoms. The SMILES string of the molecule is CCC(C)N(C)CCNC1CC(OCC(C)C)C1(C)C. The second kappa shape index (κ2) is 7.77. The second-order valence-corrected chi connectivity index (χ2v) is 7.52. The first-order valence-electron chi connectivity index (χ1n) is 8.34. The summed E-state index contributed by atoms with van der Waals surface area (Å²) < 4.78 is 6.02. The number of hydrogen-bond donors (Lipinski definition) is 1. The van der Waals surface area contributed by atoms with E-state index in [1.165, 1.54) is 6.42 Å². The summed E-state index contributed by atoms with van der Waals surface area (Å²) in [6.07, 6.45) is 2.80. The maximum atomic E-state index is 6.02. The number of nitrogens with zero attached hydrogens (tertiary/aromatic N) is 1. The van der Waals surface area contributed by atoms with E-state index in [0.717, 1.165) is 26.1 Å². The Labute approximate surface area is 126 Å². The van der Waals surface area contributed by atoms with Gasteiger partial charge in [0.25, 0.3) is 0 Å². The van der Waals surface area contributed by atoms with Crippen LogP contribution >= 0.6 is 0 Å². The zero-order valence-electron chi connectivity index (χ0n) is 14.7. The van der Waals surface area contributed by atoms with E-state index in [1.54, 1.807) is 0 Å². The molecule has 3 unspecified atom stereocenters. The second-order valence-electron chi connectivity index (χ2n) is 7.52. The Bertz CT molecular complexity index is 278. The fourth-order valence-corrected chi connectivity index (χ4v) is 2.77. The molecule has 0 aromatic rings. The largest absolute Gasteiger partial charge is 0.377 e. The van der Waals surface area contributed by atoms with Crippen molar-refractivity contribution < 1.29 is 4.74 Å². The van der Waals surface area contributed by atoms with E-state index in [2.05, 4.69) is 58.8 Å². The molecule has 0 bridgehead atoms. The number of nitrogens with one attached hydrogen (secondary N) is 1. The fourth-order valence-electron chi connectivity index (χ4n) is 2.77. The van der Waals surface area contributed by atoms with Crippen LogP contribution in [-0.4, -0.2) is 49.8 Å². The lowest BCUT2D eigenvalue weighted by Crippen LogP contribution is -2.61. The van der Waals surface area contributed by atoms with E-state index < -0.39 is 0 Å². The quantitative estimate of drug-likeness (QED) is 0.704. The van der Waals surface area contributed by atoms with Gasteiger partial charge in [-0.05, 0) is 32.7 Å². The summed E-state index contributed by atoms with van der Waals surface area (Å²) in [4.78, 5) is 2.44. The lowest BCUT2D eigenvalue weighted by atomic mass is 9.64. The number of hydrogen-bond acceptors (Lipinski definition) is 3. The summed E-state index contributed by atoms with van der Waals surface area (Å²) >= 11 is 0. The average Bonchev–Trinajstić information content (AvgIpc) is 2.39. The highest BCUT2D eigenvalue weighted by molar-refractivity contribution is 5.02. The smallest absolute Gasteiger partial charge is 0.0656 e. The molecule has 20 heavy (non-hydrogen) atoms. The Morgan fingerprint density at radius 3 is 2.45 bits per heavy atom. The topological polar surface area (TPSA) is 24.5 Å². The van der Waals surface area contributed by atoms with Gasteiger partial charge < -0.3 is 15.0 Å². The number of likely N-dealkylation sites (N-methyl/N-ethyl adjacent to an activating group) is 1. The minimum atomic E-state index is 0.268. The number of rotatable bonds is 9. The molecule has 0 aliphatic heterocycles. The van der Waals surface area contributed by atoms with Gasteiger partial charge in [-0.1, -0.05) is 34.6 Å². The number of ether oxygens (including phenoxy) is 1. The van der Waals surface area contributed by atoms with Crippen LogP contribution in [0.2, 0.25) is 0 Å². The monoisotopic (exact) mass is 284 g/mol. The van der Waals surface area contributed by atoms with Crippen LogP contribution in [0.1, 0.15) is 54.4 Å². The van der Waals surface area contributed by atoms with Crippen LogP contribution in [-0.2, 0) is 4.74 Å². The molecule has 1 fully saturated rings. The van der Waals surface area contributed by atoms with Crippen LogP contribution < -0.4 is 5.32 Å². The van der Waals surface area contributed by atoms with Gasteiger partial charge in [0, 0.05) is 37.2 Å². The Morgan fingerprint density at radius 2 is 1.95 bits per heavy atom. The zero-order chi connectivity index (χ0) is 15.3. The highest BCUT2D eigenvalue weighted by Crippen LogP contribution is 2.42. The van der Waals surface area contributed by atoms with Gasteiger partial charge >= 0.3 is 0 Å². The minimum absolute atomic E-state index is 0.268. The zero-order valence-corrected chi connectivity index (χ0v) is 14.7. The maximum absolute atomic E-state index is 6.02. The van der Waals surface area contributed by atoms with Crippen LogP contribution in [0.25, 0.3) is 0 Å². The van der Waals surface area contributed by atoms with Crippen molar-refractivity contribution in [3.05, 3.63) is 0 Å². The first-order chi connectivity index (χ1) is 9.28. The Kier molecular flexibility index (Phi) is 6.96. The Hall–Kier alpha value is -0.120. The summed E-state index contributed by atoms with van der Waals surface area (Å²) in [5.41, 5.74) is 0.268. The van der Waals surface area contributed by atoms with E-state index >= 15 is 0 Å². The third kappa shape index (κ3) is 4.71. The molecular formula is C17H36N2O. The lowest BCUT2D eigenvalue weighted by Gasteiger charge is -2.52.